The molecule has 0 spiro atoms. The van der Waals surface area contributed by atoms with Crippen molar-refractivity contribution in [1.82, 2.24) is 4.90 Å². The zero-order valence-electron chi connectivity index (χ0n) is 22.9. The van der Waals surface area contributed by atoms with Crippen LogP contribution in [0.5, 0.6) is 0 Å². The first-order chi connectivity index (χ1) is 18.3. The van der Waals surface area contributed by atoms with Crippen LogP contribution >= 0.6 is 0 Å². The molecule has 0 radical (unpaired) electrons. The lowest BCUT2D eigenvalue weighted by atomic mass is 9.99. The third kappa shape index (κ3) is 5.49. The lowest BCUT2D eigenvalue weighted by molar-refractivity contribution is -0.384. The molecule has 0 amide bonds. The molecular weight excluding hydrogens is 488 g/mol. The van der Waals surface area contributed by atoms with Gasteiger partial charge in [0.25, 0.3) is 14.0 Å². The minimum Gasteiger partial charge on any atom is -0.403 e. The lowest BCUT2D eigenvalue weighted by Crippen LogP contribution is -2.67. The normalized spacial score (nSPS) is 20.6. The van der Waals surface area contributed by atoms with Crippen LogP contribution in [0, 0.1) is 16.0 Å². The second-order valence-electron chi connectivity index (χ2n) is 12.1. The molecular formula is C32H40N2O3Si. The van der Waals surface area contributed by atoms with Gasteiger partial charge in [-0.2, -0.15) is 0 Å². The van der Waals surface area contributed by atoms with Crippen molar-refractivity contribution < 1.29 is 9.35 Å². The fourth-order valence-electron chi connectivity index (χ4n) is 6.61. The fourth-order valence-corrected chi connectivity index (χ4v) is 11.3. The molecule has 1 aliphatic carbocycles. The summed E-state index contributed by atoms with van der Waals surface area (Å²) in [4.78, 5) is 13.6. The molecule has 0 saturated carbocycles. The zero-order chi connectivity index (χ0) is 26.8. The molecule has 1 saturated heterocycles. The van der Waals surface area contributed by atoms with E-state index in [1.54, 1.807) is 12.1 Å². The number of nitrogens with zero attached hydrogens (tertiary/aromatic N) is 2. The number of rotatable bonds is 7. The Morgan fingerprint density at radius 2 is 1.50 bits per heavy atom. The van der Waals surface area contributed by atoms with E-state index in [0.717, 1.165) is 57.3 Å². The molecule has 1 unspecified atom stereocenters. The third-order valence-corrected chi connectivity index (χ3v) is 13.6. The average Bonchev–Trinajstić information content (AvgIpc) is 3.25. The van der Waals surface area contributed by atoms with Crippen LogP contribution in [0.4, 0.5) is 5.69 Å². The van der Waals surface area contributed by atoms with Crippen LogP contribution in [-0.2, 0) is 17.3 Å². The van der Waals surface area contributed by atoms with Gasteiger partial charge in [-0.15, -0.1) is 0 Å². The van der Waals surface area contributed by atoms with Crippen molar-refractivity contribution >= 4 is 24.4 Å². The van der Waals surface area contributed by atoms with E-state index in [2.05, 4.69) is 86.3 Å². The molecule has 3 aromatic rings. The largest absolute Gasteiger partial charge is 0.403 e. The summed E-state index contributed by atoms with van der Waals surface area (Å²) in [6.07, 6.45) is 5.44. The smallest absolute Gasteiger partial charge is 0.269 e. The van der Waals surface area contributed by atoms with Crippen LogP contribution in [0.3, 0.4) is 0 Å². The Morgan fingerprint density at radius 3 is 2.08 bits per heavy atom. The van der Waals surface area contributed by atoms with E-state index in [1.807, 2.05) is 6.07 Å². The Balaban J connectivity index is 1.30. The molecule has 1 fully saturated rings. The maximum absolute atomic E-state index is 11.2. The van der Waals surface area contributed by atoms with Gasteiger partial charge in [0, 0.05) is 31.8 Å². The van der Waals surface area contributed by atoms with Crippen LogP contribution in [0.15, 0.2) is 78.9 Å². The van der Waals surface area contributed by atoms with Gasteiger partial charge in [0.15, 0.2) is 0 Å². The summed E-state index contributed by atoms with van der Waals surface area (Å²) in [5.41, 5.74) is 2.66. The summed E-state index contributed by atoms with van der Waals surface area (Å²) in [6, 6.07) is 27.3. The Hall–Kier alpha value is -2.80. The highest BCUT2D eigenvalue weighted by Gasteiger charge is 2.52. The van der Waals surface area contributed by atoms with Gasteiger partial charge in [-0.1, -0.05) is 87.5 Å². The molecule has 2 aliphatic rings. The first-order valence-corrected chi connectivity index (χ1v) is 15.9. The second-order valence-corrected chi connectivity index (χ2v) is 16.4. The van der Waals surface area contributed by atoms with Crippen molar-refractivity contribution in [2.45, 2.75) is 64.0 Å². The highest BCUT2D eigenvalue weighted by atomic mass is 28.4. The topological polar surface area (TPSA) is 55.6 Å². The molecule has 5 rings (SSSR count). The summed E-state index contributed by atoms with van der Waals surface area (Å²) >= 11 is 0. The molecule has 5 nitrogen and oxygen atoms in total. The van der Waals surface area contributed by atoms with E-state index < -0.39 is 8.32 Å². The number of benzene rings is 3. The van der Waals surface area contributed by atoms with Gasteiger partial charge in [0.1, 0.15) is 0 Å². The van der Waals surface area contributed by atoms with Crippen molar-refractivity contribution in [1.29, 1.82) is 0 Å². The van der Waals surface area contributed by atoms with Gasteiger partial charge in [0.2, 0.25) is 0 Å². The Morgan fingerprint density at radius 1 is 0.895 bits per heavy atom. The summed E-state index contributed by atoms with van der Waals surface area (Å²) < 4.78 is 7.40. The maximum Gasteiger partial charge on any atom is 0.269 e. The van der Waals surface area contributed by atoms with E-state index in [4.69, 9.17) is 4.43 Å². The fraction of sp³-hybridized carbons (Fsp3) is 0.438. The number of nitro groups is 1. The predicted molar refractivity (Wildman–Crippen MR) is 157 cm³/mol. The molecule has 200 valence electrons. The van der Waals surface area contributed by atoms with E-state index in [9.17, 15) is 10.1 Å². The van der Waals surface area contributed by atoms with Crippen LogP contribution in [0.1, 0.15) is 51.2 Å². The van der Waals surface area contributed by atoms with E-state index in [1.165, 1.54) is 15.9 Å². The zero-order valence-corrected chi connectivity index (χ0v) is 23.9. The Bertz CT molecular complexity index is 1200. The summed E-state index contributed by atoms with van der Waals surface area (Å²) in [7, 11) is -2.54. The predicted octanol–water partition coefficient (Wildman–Crippen LogP) is 5.74. The van der Waals surface area contributed by atoms with Crippen LogP contribution in [0.2, 0.25) is 5.04 Å². The quantitative estimate of drug-likeness (QED) is 0.170. The van der Waals surface area contributed by atoms with Crippen LogP contribution < -0.4 is 10.4 Å². The number of likely N-dealkylation sites (tertiary alicyclic amines) is 1. The van der Waals surface area contributed by atoms with Crippen molar-refractivity contribution in [3.05, 3.63) is 100 Å². The van der Waals surface area contributed by atoms with Crippen molar-refractivity contribution in [2.75, 3.05) is 19.6 Å². The minimum atomic E-state index is -2.54. The molecule has 1 aliphatic heterocycles. The van der Waals surface area contributed by atoms with Crippen molar-refractivity contribution in [2.24, 2.45) is 5.92 Å². The average molecular weight is 529 g/mol. The number of non-ortho nitro benzene ring substituents is 1. The summed E-state index contributed by atoms with van der Waals surface area (Å²) in [6.45, 7) is 10.2. The van der Waals surface area contributed by atoms with Crippen LogP contribution in [-0.4, -0.2) is 43.9 Å². The second kappa shape index (κ2) is 11.1. The highest BCUT2D eigenvalue weighted by Crippen LogP contribution is 2.38. The van der Waals surface area contributed by atoms with Gasteiger partial charge in [-0.05, 0) is 64.6 Å². The summed E-state index contributed by atoms with van der Waals surface area (Å²) in [5.74, 6) is 0.605. The summed E-state index contributed by atoms with van der Waals surface area (Å²) in [5, 5.41) is 13.9. The van der Waals surface area contributed by atoms with E-state index in [-0.39, 0.29) is 21.8 Å². The first kappa shape index (κ1) is 26.8. The van der Waals surface area contributed by atoms with Crippen molar-refractivity contribution in [3.8, 4) is 0 Å². The maximum atomic E-state index is 11.2. The molecule has 0 bridgehead atoms. The monoisotopic (exact) mass is 528 g/mol. The Labute approximate surface area is 228 Å². The number of hydrogen-bond donors (Lipinski definition) is 0. The number of hydrogen-bond acceptors (Lipinski definition) is 4. The molecule has 38 heavy (non-hydrogen) atoms. The highest BCUT2D eigenvalue weighted by molar-refractivity contribution is 6.99. The molecule has 0 aromatic heterocycles. The van der Waals surface area contributed by atoms with E-state index >= 15 is 0 Å². The van der Waals surface area contributed by atoms with E-state index in [0.29, 0.717) is 5.92 Å². The van der Waals surface area contributed by atoms with Gasteiger partial charge in [-0.3, -0.25) is 10.1 Å². The molecule has 3 aromatic carbocycles. The van der Waals surface area contributed by atoms with Gasteiger partial charge in [0.05, 0.1) is 11.0 Å². The lowest BCUT2D eigenvalue weighted by Gasteiger charge is -2.44. The molecule has 1 heterocycles. The SMILES string of the molecule is CC(C)(C)[Si](O[C@@H]1CCN(CC2CCc3ccc([N+](=O)[O-])cc3CC2)C1)(c1ccccc1)c1ccccc1. The molecule has 2 atom stereocenters. The number of fused-ring (bicyclic) bond motifs is 1. The van der Waals surface area contributed by atoms with Gasteiger partial charge >= 0.3 is 0 Å². The van der Waals surface area contributed by atoms with Gasteiger partial charge in [-0.25, -0.2) is 0 Å². The number of aryl methyl sites for hydroxylation is 2. The molecule has 6 heteroatoms. The first-order valence-electron chi connectivity index (χ1n) is 14.0. The van der Waals surface area contributed by atoms with Crippen LogP contribution in [0.25, 0.3) is 0 Å². The van der Waals surface area contributed by atoms with Gasteiger partial charge < -0.3 is 9.33 Å². The Kier molecular flexibility index (Phi) is 7.84. The molecule has 0 N–H and O–H groups in total. The standard InChI is InChI=1S/C32H40N2O3Si/c1-32(2,3)38(30-10-6-4-7-11-30,31-12-8-5-9-13-31)37-29-20-21-33(24-29)23-25-14-16-26-18-19-28(34(35)36)22-27(26)17-15-25/h4-13,18-19,22,25,29H,14-17,20-21,23-24H2,1-3H3/t25?,29-/m1/s1. The minimum absolute atomic E-state index is 0.0151. The number of nitro benzene ring substituents is 1. The third-order valence-electron chi connectivity index (χ3n) is 8.55. The van der Waals surface area contributed by atoms with Crippen molar-refractivity contribution in [3.63, 3.8) is 0 Å².